The van der Waals surface area contributed by atoms with Crippen molar-refractivity contribution >= 4 is 29.1 Å². The second-order valence-corrected chi connectivity index (χ2v) is 4.61. The number of esters is 1. The van der Waals surface area contributed by atoms with Crippen LogP contribution in [0, 0.1) is 0 Å². The van der Waals surface area contributed by atoms with E-state index in [1.54, 1.807) is 6.20 Å². The van der Waals surface area contributed by atoms with Gasteiger partial charge in [0, 0.05) is 6.20 Å². The molecule has 0 radical (unpaired) electrons. The first-order chi connectivity index (χ1) is 9.63. The number of rotatable bonds is 5. The number of nitrogens with one attached hydrogen (secondary N) is 1. The van der Waals surface area contributed by atoms with Crippen molar-refractivity contribution in [3.63, 3.8) is 0 Å². The number of carbonyl (C=O) groups is 2. The number of anilines is 1. The third-order valence-corrected chi connectivity index (χ3v) is 3.27. The standard InChI is InChI=1S/C11H13N5O3S/c1-3-8-10(20-15-14-8)11(18)13-7-4-12-16(5-7)6-9(17)19-2/h4-5H,3,6H2,1-2H3,(H,13,18). The van der Waals surface area contributed by atoms with Crippen LogP contribution in [0.5, 0.6) is 0 Å². The average molecular weight is 295 g/mol. The third-order valence-electron chi connectivity index (χ3n) is 2.51. The number of methoxy groups -OCH3 is 1. The summed E-state index contributed by atoms with van der Waals surface area (Å²) in [6, 6.07) is 0. The van der Waals surface area contributed by atoms with Crippen LogP contribution in [0.3, 0.4) is 0 Å². The molecule has 0 bridgehead atoms. The molecular formula is C11H13N5O3S. The number of carbonyl (C=O) groups excluding carboxylic acids is 2. The normalized spacial score (nSPS) is 10.3. The zero-order valence-electron chi connectivity index (χ0n) is 11.0. The van der Waals surface area contributed by atoms with Crippen LogP contribution >= 0.6 is 11.5 Å². The van der Waals surface area contributed by atoms with Gasteiger partial charge in [0.2, 0.25) is 0 Å². The summed E-state index contributed by atoms with van der Waals surface area (Å²) in [7, 11) is 1.30. The molecular weight excluding hydrogens is 282 g/mol. The molecule has 0 aromatic carbocycles. The highest BCUT2D eigenvalue weighted by molar-refractivity contribution is 7.08. The Balaban J connectivity index is 2.03. The number of amides is 1. The van der Waals surface area contributed by atoms with Crippen LogP contribution in [0.4, 0.5) is 5.69 Å². The molecule has 0 aliphatic rings. The Morgan fingerprint density at radius 2 is 2.30 bits per heavy atom. The topological polar surface area (TPSA) is 99.0 Å². The van der Waals surface area contributed by atoms with Gasteiger partial charge < -0.3 is 10.1 Å². The molecule has 2 aromatic heterocycles. The maximum absolute atomic E-state index is 12.0. The van der Waals surface area contributed by atoms with Gasteiger partial charge >= 0.3 is 5.97 Å². The number of aryl methyl sites for hydroxylation is 1. The average Bonchev–Trinajstić information content (AvgIpc) is 3.07. The summed E-state index contributed by atoms with van der Waals surface area (Å²) in [5.74, 6) is -0.694. The quantitative estimate of drug-likeness (QED) is 0.816. The highest BCUT2D eigenvalue weighted by atomic mass is 32.1. The molecule has 2 rings (SSSR count). The monoisotopic (exact) mass is 295 g/mol. The summed E-state index contributed by atoms with van der Waals surface area (Å²) in [4.78, 5) is 23.6. The van der Waals surface area contributed by atoms with E-state index in [9.17, 15) is 9.59 Å². The Kier molecular flexibility index (Phi) is 4.41. The minimum Gasteiger partial charge on any atom is -0.468 e. The van der Waals surface area contributed by atoms with E-state index in [1.165, 1.54) is 18.0 Å². The van der Waals surface area contributed by atoms with Gasteiger partial charge in [-0.1, -0.05) is 11.4 Å². The fourth-order valence-corrected chi connectivity index (χ4v) is 2.16. The molecule has 8 nitrogen and oxygen atoms in total. The van der Waals surface area contributed by atoms with Crippen molar-refractivity contribution in [2.75, 3.05) is 12.4 Å². The Hall–Kier alpha value is -2.29. The van der Waals surface area contributed by atoms with Crippen LogP contribution in [0.25, 0.3) is 0 Å². The molecule has 0 unspecified atom stereocenters. The molecule has 0 aliphatic carbocycles. The lowest BCUT2D eigenvalue weighted by molar-refractivity contribution is -0.141. The van der Waals surface area contributed by atoms with Gasteiger partial charge in [-0.25, -0.2) is 0 Å². The second-order valence-electron chi connectivity index (χ2n) is 3.86. The SMILES string of the molecule is CCc1nnsc1C(=O)Nc1cnn(CC(=O)OC)c1. The Morgan fingerprint density at radius 3 is 3.00 bits per heavy atom. The van der Waals surface area contributed by atoms with Crippen molar-refractivity contribution in [1.82, 2.24) is 19.4 Å². The van der Waals surface area contributed by atoms with E-state index in [0.717, 1.165) is 11.5 Å². The first-order valence-corrected chi connectivity index (χ1v) is 6.63. The van der Waals surface area contributed by atoms with E-state index in [1.807, 2.05) is 6.92 Å². The first kappa shape index (κ1) is 14.1. The molecule has 2 aromatic rings. The van der Waals surface area contributed by atoms with E-state index < -0.39 is 5.97 Å². The zero-order chi connectivity index (χ0) is 14.5. The van der Waals surface area contributed by atoms with Gasteiger partial charge in [0.1, 0.15) is 11.4 Å². The molecule has 0 aliphatic heterocycles. The number of ether oxygens (including phenoxy) is 1. The molecule has 0 fully saturated rings. The maximum atomic E-state index is 12.0. The summed E-state index contributed by atoms with van der Waals surface area (Å²) in [6.07, 6.45) is 3.65. The molecule has 0 atom stereocenters. The van der Waals surface area contributed by atoms with Gasteiger partial charge in [0.15, 0.2) is 0 Å². The fraction of sp³-hybridized carbons (Fsp3) is 0.364. The van der Waals surface area contributed by atoms with Crippen molar-refractivity contribution < 1.29 is 14.3 Å². The van der Waals surface area contributed by atoms with Crippen LogP contribution in [0.15, 0.2) is 12.4 Å². The largest absolute Gasteiger partial charge is 0.468 e. The van der Waals surface area contributed by atoms with E-state index in [4.69, 9.17) is 0 Å². The van der Waals surface area contributed by atoms with Crippen LogP contribution in [0.1, 0.15) is 22.3 Å². The molecule has 106 valence electrons. The number of hydrogen-bond acceptors (Lipinski definition) is 7. The second kappa shape index (κ2) is 6.24. The predicted molar refractivity (Wildman–Crippen MR) is 71.5 cm³/mol. The molecule has 9 heteroatoms. The van der Waals surface area contributed by atoms with Crippen molar-refractivity contribution in [3.05, 3.63) is 23.0 Å². The van der Waals surface area contributed by atoms with Crippen LogP contribution in [0.2, 0.25) is 0 Å². The first-order valence-electron chi connectivity index (χ1n) is 5.86. The molecule has 0 spiro atoms. The summed E-state index contributed by atoms with van der Waals surface area (Å²) < 4.78 is 9.67. The lowest BCUT2D eigenvalue weighted by atomic mass is 10.3. The molecule has 0 saturated heterocycles. The zero-order valence-corrected chi connectivity index (χ0v) is 11.8. The van der Waals surface area contributed by atoms with Crippen molar-refractivity contribution in [3.8, 4) is 0 Å². The minimum atomic E-state index is -0.411. The number of hydrogen-bond donors (Lipinski definition) is 1. The van der Waals surface area contributed by atoms with E-state index in [0.29, 0.717) is 22.7 Å². The number of nitrogens with zero attached hydrogens (tertiary/aromatic N) is 4. The highest BCUT2D eigenvalue weighted by Crippen LogP contribution is 2.14. The van der Waals surface area contributed by atoms with Crippen LogP contribution in [-0.2, 0) is 22.5 Å². The van der Waals surface area contributed by atoms with Crippen molar-refractivity contribution in [2.24, 2.45) is 0 Å². The van der Waals surface area contributed by atoms with Crippen molar-refractivity contribution in [1.29, 1.82) is 0 Å². The smallest absolute Gasteiger partial charge is 0.327 e. The Labute approximate surface area is 118 Å². The highest BCUT2D eigenvalue weighted by Gasteiger charge is 2.16. The van der Waals surface area contributed by atoms with Gasteiger partial charge in [-0.15, -0.1) is 5.10 Å². The van der Waals surface area contributed by atoms with Gasteiger partial charge in [-0.2, -0.15) is 5.10 Å². The lowest BCUT2D eigenvalue weighted by Gasteiger charge is -2.00. The summed E-state index contributed by atoms with van der Waals surface area (Å²) in [5.41, 5.74) is 1.16. The van der Waals surface area contributed by atoms with E-state index in [-0.39, 0.29) is 12.5 Å². The minimum absolute atomic E-state index is 0.00526. The van der Waals surface area contributed by atoms with Gasteiger partial charge in [-0.3, -0.25) is 14.3 Å². The fourth-order valence-electron chi connectivity index (χ4n) is 1.51. The summed E-state index contributed by atoms with van der Waals surface area (Å²) in [6.45, 7) is 1.90. The predicted octanol–water partition coefficient (Wildman–Crippen LogP) is 0.722. The third kappa shape index (κ3) is 3.18. The molecule has 1 amide bonds. The number of aromatic nitrogens is 4. The van der Waals surface area contributed by atoms with Gasteiger partial charge in [-0.05, 0) is 18.0 Å². The molecule has 0 saturated carbocycles. The van der Waals surface area contributed by atoms with Gasteiger partial charge in [0.05, 0.1) is 24.7 Å². The van der Waals surface area contributed by atoms with Crippen LogP contribution in [-0.4, -0.2) is 38.4 Å². The lowest BCUT2D eigenvalue weighted by Crippen LogP contribution is -2.13. The Bertz CT molecular complexity index is 621. The maximum Gasteiger partial charge on any atom is 0.327 e. The van der Waals surface area contributed by atoms with Crippen molar-refractivity contribution in [2.45, 2.75) is 19.9 Å². The summed E-state index contributed by atoms with van der Waals surface area (Å²) in [5, 5.41) is 10.5. The van der Waals surface area contributed by atoms with Gasteiger partial charge in [0.25, 0.3) is 5.91 Å². The molecule has 1 N–H and O–H groups in total. The molecule has 2 heterocycles. The summed E-state index contributed by atoms with van der Waals surface area (Å²) >= 11 is 1.05. The molecule has 20 heavy (non-hydrogen) atoms. The van der Waals surface area contributed by atoms with E-state index in [2.05, 4.69) is 24.7 Å². The van der Waals surface area contributed by atoms with E-state index >= 15 is 0 Å². The Morgan fingerprint density at radius 1 is 1.50 bits per heavy atom. The van der Waals surface area contributed by atoms with Crippen LogP contribution < -0.4 is 5.32 Å².